The average molecular weight is 491 g/mol. The summed E-state index contributed by atoms with van der Waals surface area (Å²) >= 11 is 0. The fourth-order valence-electron chi connectivity index (χ4n) is 4.32. The molecule has 0 saturated heterocycles. The molecule has 35 heavy (non-hydrogen) atoms. The van der Waals surface area contributed by atoms with Crippen LogP contribution >= 0.6 is 0 Å². The van der Waals surface area contributed by atoms with Crippen molar-refractivity contribution in [2.24, 2.45) is 0 Å². The number of aromatic nitrogens is 2. The number of hydrogen-bond acceptors (Lipinski definition) is 5. The number of nitrogens with one attached hydrogen (secondary N) is 1. The van der Waals surface area contributed by atoms with Crippen molar-refractivity contribution < 1.29 is 27.5 Å². The third-order valence-electron chi connectivity index (χ3n) is 6.45. The van der Waals surface area contributed by atoms with Gasteiger partial charge in [0, 0.05) is 23.6 Å². The number of rotatable bonds is 5. The van der Waals surface area contributed by atoms with Gasteiger partial charge >= 0.3 is 5.92 Å². The van der Waals surface area contributed by atoms with Crippen molar-refractivity contribution >= 4 is 28.3 Å². The molecule has 2 atom stereocenters. The summed E-state index contributed by atoms with van der Waals surface area (Å²) in [5, 5.41) is 13.4. The molecule has 0 saturated carbocycles. The van der Waals surface area contributed by atoms with Gasteiger partial charge in [0.15, 0.2) is 0 Å². The fraction of sp³-hybridized carbons (Fsp3) is 0.400. The number of amides is 1. The summed E-state index contributed by atoms with van der Waals surface area (Å²) in [7, 11) is 1.46. The van der Waals surface area contributed by atoms with E-state index in [1.165, 1.54) is 37.1 Å². The Labute approximate surface area is 200 Å². The van der Waals surface area contributed by atoms with Gasteiger partial charge in [-0.05, 0) is 52.8 Å². The normalized spacial score (nSPS) is 19.3. The van der Waals surface area contributed by atoms with Crippen molar-refractivity contribution in [3.8, 4) is 0 Å². The van der Waals surface area contributed by atoms with Gasteiger partial charge in [-0.25, -0.2) is 18.7 Å². The summed E-state index contributed by atoms with van der Waals surface area (Å²) in [6.45, 7) is 6.23. The van der Waals surface area contributed by atoms with Crippen LogP contribution in [0.5, 0.6) is 0 Å². The van der Waals surface area contributed by atoms with E-state index in [9.17, 15) is 18.7 Å². The zero-order chi connectivity index (χ0) is 26.1. The lowest BCUT2D eigenvalue weighted by Crippen LogP contribution is -2.41. The summed E-state index contributed by atoms with van der Waals surface area (Å²) < 4.78 is 59.8. The van der Waals surface area contributed by atoms with E-state index in [2.05, 4.69) is 15.3 Å². The number of fused-ring (bicyclic) bond motifs is 2. The van der Waals surface area contributed by atoms with Gasteiger partial charge in [-0.3, -0.25) is 4.79 Å². The second-order valence-corrected chi connectivity index (χ2v) is 9.58. The van der Waals surface area contributed by atoms with Crippen LogP contribution in [0.1, 0.15) is 56.3 Å². The van der Waals surface area contributed by atoms with E-state index >= 15 is 8.78 Å². The number of aryl methyl sites for hydroxylation is 1. The second-order valence-electron chi connectivity index (χ2n) is 9.58. The Hall–Kier alpha value is -3.27. The van der Waals surface area contributed by atoms with Gasteiger partial charge in [0.05, 0.1) is 22.8 Å². The van der Waals surface area contributed by atoms with Gasteiger partial charge in [0.25, 0.3) is 5.91 Å². The molecule has 1 amide bonds. The summed E-state index contributed by atoms with van der Waals surface area (Å²) in [6.07, 6.45) is 0. The molecule has 3 aromatic rings. The number of carbonyl (C=O) groups is 1. The molecule has 1 unspecified atom stereocenters. The first-order valence-electron chi connectivity index (χ1n) is 11.0. The first-order chi connectivity index (χ1) is 16.1. The van der Waals surface area contributed by atoms with Crippen molar-refractivity contribution in [1.82, 2.24) is 9.97 Å². The quantitative estimate of drug-likeness (QED) is 0.476. The number of halogens is 4. The minimum atomic E-state index is -3.83. The van der Waals surface area contributed by atoms with Gasteiger partial charge in [-0.2, -0.15) is 8.78 Å². The monoisotopic (exact) mass is 490 g/mol. The molecule has 0 spiro atoms. The van der Waals surface area contributed by atoms with E-state index in [0.29, 0.717) is 22.4 Å². The van der Waals surface area contributed by atoms with Gasteiger partial charge in [-0.1, -0.05) is 12.1 Å². The number of likely N-dealkylation sites (N-methyl/N-ethyl adjacent to an activating group) is 1. The highest BCUT2D eigenvalue weighted by molar-refractivity contribution is 6.09. The third kappa shape index (κ3) is 3.80. The lowest BCUT2D eigenvalue weighted by molar-refractivity contribution is -0.170. The SMILES string of the molecule is Cc1nc(NC(C)c2cccc(C(F)(F)C(C)(C)O)c2F)c2cc3c(cc2n1)[C@](C)(F)C(=O)N3C. The molecule has 4 rings (SSSR count). The number of alkyl halides is 3. The number of aliphatic hydroxyl groups is 1. The standard InChI is InChI=1S/C25H26F4N4O2/c1-12(14-8-7-9-16(20(14)26)25(28,29)23(3,4)35)30-21-15-10-19-17(11-18(15)31-13(2)32-21)24(5,27)22(34)33(19)6/h7-12,35H,1-6H3,(H,30,31,32)/t12?,24-/m0/s1. The molecular weight excluding hydrogens is 464 g/mol. The van der Waals surface area contributed by atoms with Crippen LogP contribution in [-0.2, 0) is 16.4 Å². The van der Waals surface area contributed by atoms with Gasteiger partial charge in [0.2, 0.25) is 5.67 Å². The zero-order valence-electron chi connectivity index (χ0n) is 20.2. The molecule has 2 N–H and O–H groups in total. The predicted octanol–water partition coefficient (Wildman–Crippen LogP) is 5.27. The zero-order valence-corrected chi connectivity index (χ0v) is 20.2. The number of hydrogen-bond donors (Lipinski definition) is 2. The second kappa shape index (κ2) is 7.87. The van der Waals surface area contributed by atoms with Crippen LogP contribution in [-0.4, -0.2) is 33.6 Å². The maximum atomic E-state index is 15.3. The lowest BCUT2D eigenvalue weighted by atomic mass is 9.91. The van der Waals surface area contributed by atoms with Crippen LogP contribution in [0, 0.1) is 12.7 Å². The van der Waals surface area contributed by atoms with Crippen LogP contribution < -0.4 is 10.2 Å². The number of nitrogens with zero attached hydrogens (tertiary/aromatic N) is 3. The van der Waals surface area contributed by atoms with Gasteiger partial charge in [0.1, 0.15) is 23.1 Å². The summed E-state index contributed by atoms with van der Waals surface area (Å²) in [5.41, 5.74) is -4.73. The molecule has 0 fully saturated rings. The highest BCUT2D eigenvalue weighted by Crippen LogP contribution is 2.45. The molecular formula is C25H26F4N4O2. The van der Waals surface area contributed by atoms with Crippen molar-refractivity contribution in [3.05, 3.63) is 58.7 Å². The minimum Gasteiger partial charge on any atom is -0.384 e. The molecule has 10 heteroatoms. The molecule has 2 aromatic carbocycles. The summed E-state index contributed by atoms with van der Waals surface area (Å²) in [4.78, 5) is 22.3. The Kier molecular flexibility index (Phi) is 5.59. The number of benzene rings is 2. The van der Waals surface area contributed by atoms with E-state index < -0.39 is 40.5 Å². The molecule has 1 aromatic heterocycles. The smallest absolute Gasteiger partial charge is 0.303 e. The van der Waals surface area contributed by atoms with E-state index in [0.717, 1.165) is 19.9 Å². The van der Waals surface area contributed by atoms with Crippen LogP contribution in [0.4, 0.5) is 29.1 Å². The van der Waals surface area contributed by atoms with Gasteiger partial charge in [-0.15, -0.1) is 0 Å². The minimum absolute atomic E-state index is 0.0550. The van der Waals surface area contributed by atoms with Crippen molar-refractivity contribution in [2.45, 2.75) is 57.9 Å². The Morgan fingerprint density at radius 2 is 1.86 bits per heavy atom. The number of anilines is 2. The maximum absolute atomic E-state index is 15.3. The van der Waals surface area contributed by atoms with Crippen LogP contribution in [0.15, 0.2) is 30.3 Å². The van der Waals surface area contributed by atoms with E-state index in [1.54, 1.807) is 19.9 Å². The van der Waals surface area contributed by atoms with Crippen LogP contribution in [0.2, 0.25) is 0 Å². The maximum Gasteiger partial charge on any atom is 0.303 e. The first kappa shape index (κ1) is 24.8. The van der Waals surface area contributed by atoms with E-state index in [1.807, 2.05) is 0 Å². The highest BCUT2D eigenvalue weighted by Gasteiger charge is 2.49. The van der Waals surface area contributed by atoms with E-state index in [-0.39, 0.29) is 16.9 Å². The molecule has 1 aliphatic heterocycles. The molecule has 0 radical (unpaired) electrons. The molecule has 2 heterocycles. The van der Waals surface area contributed by atoms with Crippen molar-refractivity contribution in [2.75, 3.05) is 17.3 Å². The Morgan fingerprint density at radius 3 is 2.49 bits per heavy atom. The molecule has 1 aliphatic rings. The fourth-order valence-corrected chi connectivity index (χ4v) is 4.32. The summed E-state index contributed by atoms with van der Waals surface area (Å²) in [5.74, 6) is -5.07. The highest BCUT2D eigenvalue weighted by atomic mass is 19.3. The largest absolute Gasteiger partial charge is 0.384 e. The van der Waals surface area contributed by atoms with Crippen LogP contribution in [0.25, 0.3) is 10.9 Å². The lowest BCUT2D eigenvalue weighted by Gasteiger charge is -2.30. The Bertz CT molecular complexity index is 1350. The first-order valence-corrected chi connectivity index (χ1v) is 11.0. The van der Waals surface area contributed by atoms with Crippen molar-refractivity contribution in [3.63, 3.8) is 0 Å². The molecule has 0 aliphatic carbocycles. The topological polar surface area (TPSA) is 78.4 Å². The summed E-state index contributed by atoms with van der Waals surface area (Å²) in [6, 6.07) is 5.86. The molecule has 6 nitrogen and oxygen atoms in total. The number of carbonyl (C=O) groups excluding carboxylic acids is 1. The Morgan fingerprint density at radius 1 is 1.20 bits per heavy atom. The molecule has 0 bridgehead atoms. The van der Waals surface area contributed by atoms with Crippen LogP contribution in [0.3, 0.4) is 0 Å². The van der Waals surface area contributed by atoms with Gasteiger partial charge < -0.3 is 15.3 Å². The Balaban J connectivity index is 1.79. The molecule has 186 valence electrons. The van der Waals surface area contributed by atoms with Crippen molar-refractivity contribution in [1.29, 1.82) is 0 Å². The third-order valence-corrected chi connectivity index (χ3v) is 6.45. The van der Waals surface area contributed by atoms with E-state index in [4.69, 9.17) is 0 Å². The average Bonchev–Trinajstić information content (AvgIpc) is 2.91. The predicted molar refractivity (Wildman–Crippen MR) is 125 cm³/mol.